The molecule has 0 saturated carbocycles. The average molecular weight is 485 g/mol. The summed E-state index contributed by atoms with van der Waals surface area (Å²) in [4.78, 5) is 8.74. The van der Waals surface area contributed by atoms with Crippen LogP contribution in [0.15, 0.2) is 60.8 Å². The zero-order valence-electron chi connectivity index (χ0n) is 19.1. The van der Waals surface area contributed by atoms with Crippen LogP contribution < -0.4 is 19.5 Å². The fourth-order valence-corrected chi connectivity index (χ4v) is 3.39. The van der Waals surface area contributed by atoms with Gasteiger partial charge in [0.1, 0.15) is 23.2 Å². The van der Waals surface area contributed by atoms with E-state index in [1.165, 1.54) is 18.0 Å². The SMILES string of the molecule is COc1ccc(-n2nc(C(F)(F)F)cc2Nc2ccnc(Cc3ccc(OC)c(OC)c3)n2)cc1. The number of nitrogens with zero attached hydrogens (tertiary/aromatic N) is 4. The second-order valence-corrected chi connectivity index (χ2v) is 7.37. The molecule has 182 valence electrons. The molecule has 4 aromatic rings. The lowest BCUT2D eigenvalue weighted by molar-refractivity contribution is -0.141. The predicted octanol–water partition coefficient (Wildman–Crippen LogP) is 5.04. The Hall–Kier alpha value is -4.28. The Kier molecular flexibility index (Phi) is 6.76. The number of halogens is 3. The van der Waals surface area contributed by atoms with Crippen molar-refractivity contribution in [2.24, 2.45) is 0 Å². The molecule has 0 bridgehead atoms. The number of methoxy groups -OCH3 is 3. The van der Waals surface area contributed by atoms with E-state index < -0.39 is 11.9 Å². The van der Waals surface area contributed by atoms with Gasteiger partial charge in [0.05, 0.1) is 27.0 Å². The first-order valence-electron chi connectivity index (χ1n) is 10.4. The Balaban J connectivity index is 1.63. The highest BCUT2D eigenvalue weighted by molar-refractivity contribution is 5.56. The van der Waals surface area contributed by atoms with Gasteiger partial charge in [-0.05, 0) is 48.0 Å². The van der Waals surface area contributed by atoms with Crippen molar-refractivity contribution in [2.45, 2.75) is 12.6 Å². The van der Waals surface area contributed by atoms with E-state index in [9.17, 15) is 13.2 Å². The third kappa shape index (κ3) is 5.45. The molecule has 1 N–H and O–H groups in total. The van der Waals surface area contributed by atoms with E-state index in [1.807, 2.05) is 12.1 Å². The molecule has 0 unspecified atom stereocenters. The molecule has 0 radical (unpaired) electrons. The predicted molar refractivity (Wildman–Crippen MR) is 123 cm³/mol. The highest BCUT2D eigenvalue weighted by atomic mass is 19.4. The molecule has 0 fully saturated rings. The van der Waals surface area contributed by atoms with Crippen molar-refractivity contribution in [3.63, 3.8) is 0 Å². The number of benzene rings is 2. The summed E-state index contributed by atoms with van der Waals surface area (Å²) in [6.07, 6.45) is -2.70. The van der Waals surface area contributed by atoms with Crippen LogP contribution in [0.2, 0.25) is 0 Å². The molecule has 8 nitrogen and oxygen atoms in total. The molecular formula is C24H22F3N5O3. The Labute approximate surface area is 199 Å². The van der Waals surface area contributed by atoms with Crippen molar-refractivity contribution in [3.05, 3.63) is 77.9 Å². The van der Waals surface area contributed by atoms with Gasteiger partial charge in [0, 0.05) is 18.7 Å². The molecule has 0 spiro atoms. The largest absolute Gasteiger partial charge is 0.497 e. The number of nitrogens with one attached hydrogen (secondary N) is 1. The van der Waals surface area contributed by atoms with Gasteiger partial charge in [-0.15, -0.1) is 0 Å². The first kappa shape index (κ1) is 23.9. The van der Waals surface area contributed by atoms with Crippen LogP contribution >= 0.6 is 0 Å². The van der Waals surface area contributed by atoms with Crippen LogP contribution in [0.3, 0.4) is 0 Å². The van der Waals surface area contributed by atoms with Crippen molar-refractivity contribution in [2.75, 3.05) is 26.6 Å². The van der Waals surface area contributed by atoms with Gasteiger partial charge in [0.25, 0.3) is 0 Å². The van der Waals surface area contributed by atoms with E-state index in [2.05, 4.69) is 20.4 Å². The summed E-state index contributed by atoms with van der Waals surface area (Å²) < 4.78 is 57.1. The van der Waals surface area contributed by atoms with Crippen LogP contribution in [0, 0.1) is 0 Å². The van der Waals surface area contributed by atoms with Crippen molar-refractivity contribution >= 4 is 11.6 Å². The summed E-state index contributed by atoms with van der Waals surface area (Å²) >= 11 is 0. The summed E-state index contributed by atoms with van der Waals surface area (Å²) in [5.41, 5.74) is 0.265. The quantitative estimate of drug-likeness (QED) is 0.374. The van der Waals surface area contributed by atoms with Crippen LogP contribution in [-0.2, 0) is 12.6 Å². The van der Waals surface area contributed by atoms with Gasteiger partial charge in [-0.3, -0.25) is 0 Å². The first-order chi connectivity index (χ1) is 16.8. The van der Waals surface area contributed by atoms with Gasteiger partial charge in [0.15, 0.2) is 17.2 Å². The number of hydrogen-bond acceptors (Lipinski definition) is 7. The average Bonchev–Trinajstić information content (AvgIpc) is 3.28. The molecule has 11 heteroatoms. The van der Waals surface area contributed by atoms with Crippen molar-refractivity contribution in [3.8, 4) is 22.9 Å². The fourth-order valence-electron chi connectivity index (χ4n) is 3.39. The topological polar surface area (TPSA) is 83.3 Å². The first-order valence-corrected chi connectivity index (χ1v) is 10.4. The molecule has 0 saturated heterocycles. The van der Waals surface area contributed by atoms with E-state index >= 15 is 0 Å². The van der Waals surface area contributed by atoms with Crippen LogP contribution in [-0.4, -0.2) is 41.1 Å². The lowest BCUT2D eigenvalue weighted by Crippen LogP contribution is -2.08. The Morgan fingerprint density at radius 3 is 2.29 bits per heavy atom. The second kappa shape index (κ2) is 9.92. The van der Waals surface area contributed by atoms with E-state index in [0.29, 0.717) is 41.0 Å². The number of rotatable bonds is 8. The van der Waals surface area contributed by atoms with Gasteiger partial charge < -0.3 is 19.5 Å². The van der Waals surface area contributed by atoms with Crippen LogP contribution in [0.5, 0.6) is 17.2 Å². The monoisotopic (exact) mass is 485 g/mol. The molecule has 2 heterocycles. The van der Waals surface area contributed by atoms with E-state index in [1.54, 1.807) is 50.6 Å². The Morgan fingerprint density at radius 1 is 0.886 bits per heavy atom. The van der Waals surface area contributed by atoms with E-state index in [4.69, 9.17) is 14.2 Å². The number of anilines is 2. The zero-order chi connectivity index (χ0) is 25.0. The maximum atomic E-state index is 13.4. The second-order valence-electron chi connectivity index (χ2n) is 7.37. The zero-order valence-corrected chi connectivity index (χ0v) is 19.1. The summed E-state index contributed by atoms with van der Waals surface area (Å²) in [7, 11) is 4.60. The molecule has 2 aromatic heterocycles. The minimum Gasteiger partial charge on any atom is -0.497 e. The molecule has 2 aromatic carbocycles. The molecule has 35 heavy (non-hydrogen) atoms. The Bertz CT molecular complexity index is 1310. The van der Waals surface area contributed by atoms with Crippen molar-refractivity contribution < 1.29 is 27.4 Å². The Morgan fingerprint density at radius 2 is 1.63 bits per heavy atom. The maximum Gasteiger partial charge on any atom is 0.435 e. The number of hydrogen-bond donors (Lipinski definition) is 1. The van der Waals surface area contributed by atoms with Gasteiger partial charge in [-0.25, -0.2) is 14.6 Å². The van der Waals surface area contributed by atoms with E-state index in [-0.39, 0.29) is 5.82 Å². The van der Waals surface area contributed by atoms with Crippen LogP contribution in [0.4, 0.5) is 24.8 Å². The van der Waals surface area contributed by atoms with Gasteiger partial charge in [-0.2, -0.15) is 18.3 Å². The molecule has 0 amide bonds. The van der Waals surface area contributed by atoms with Gasteiger partial charge >= 0.3 is 6.18 Å². The van der Waals surface area contributed by atoms with E-state index in [0.717, 1.165) is 11.6 Å². The fraction of sp³-hybridized carbons (Fsp3) is 0.208. The summed E-state index contributed by atoms with van der Waals surface area (Å²) in [5.74, 6) is 2.62. The lowest BCUT2D eigenvalue weighted by atomic mass is 10.1. The molecule has 0 aliphatic rings. The van der Waals surface area contributed by atoms with Crippen molar-refractivity contribution in [1.29, 1.82) is 0 Å². The standard InChI is InChI=1S/C24H22F3N5O3/c1-33-17-7-5-16(6-8-17)32-23(14-20(31-32)24(25,26)27)30-21-10-11-28-22(29-21)13-15-4-9-18(34-2)19(12-15)35-3/h4-12,14H,13H2,1-3H3,(H,28,29,30). The highest BCUT2D eigenvalue weighted by Gasteiger charge is 2.35. The third-order valence-corrected chi connectivity index (χ3v) is 5.09. The highest BCUT2D eigenvalue weighted by Crippen LogP contribution is 2.33. The molecular weight excluding hydrogens is 463 g/mol. The van der Waals surface area contributed by atoms with Crippen LogP contribution in [0.25, 0.3) is 5.69 Å². The maximum absolute atomic E-state index is 13.4. The molecule has 0 aliphatic carbocycles. The lowest BCUT2D eigenvalue weighted by Gasteiger charge is -2.11. The van der Waals surface area contributed by atoms with Gasteiger partial charge in [-0.1, -0.05) is 6.07 Å². The number of ether oxygens (including phenoxy) is 3. The summed E-state index contributed by atoms with van der Waals surface area (Å²) in [5, 5.41) is 6.68. The molecule has 0 aliphatic heterocycles. The van der Waals surface area contributed by atoms with Crippen molar-refractivity contribution in [1.82, 2.24) is 19.7 Å². The summed E-state index contributed by atoms with van der Waals surface area (Å²) in [6, 6.07) is 14.5. The van der Waals surface area contributed by atoms with Gasteiger partial charge in [0.2, 0.25) is 0 Å². The minimum absolute atomic E-state index is 0.0956. The molecule has 0 atom stereocenters. The smallest absolute Gasteiger partial charge is 0.435 e. The summed E-state index contributed by atoms with van der Waals surface area (Å²) in [6.45, 7) is 0. The number of aromatic nitrogens is 4. The third-order valence-electron chi connectivity index (χ3n) is 5.09. The number of alkyl halides is 3. The normalized spacial score (nSPS) is 11.3. The minimum atomic E-state index is -4.61. The van der Waals surface area contributed by atoms with Crippen LogP contribution in [0.1, 0.15) is 17.1 Å². The molecule has 4 rings (SSSR count).